The molecule has 36 heavy (non-hydrogen) atoms. The van der Waals surface area contributed by atoms with E-state index in [1.54, 1.807) is 24.3 Å². The number of amides is 1. The predicted octanol–water partition coefficient (Wildman–Crippen LogP) is 4.54. The van der Waals surface area contributed by atoms with E-state index in [0.29, 0.717) is 16.7 Å². The Bertz CT molecular complexity index is 1550. The van der Waals surface area contributed by atoms with Crippen LogP contribution in [0.25, 0.3) is 10.9 Å². The minimum Gasteiger partial charge on any atom is -0.493 e. The fourth-order valence-electron chi connectivity index (χ4n) is 3.50. The van der Waals surface area contributed by atoms with Gasteiger partial charge in [0.25, 0.3) is 15.9 Å². The van der Waals surface area contributed by atoms with Crippen LogP contribution < -0.4 is 13.8 Å². The predicted molar refractivity (Wildman–Crippen MR) is 130 cm³/mol. The van der Waals surface area contributed by atoms with Gasteiger partial charge in [-0.05, 0) is 42.5 Å². The number of benzene rings is 3. The number of rotatable bonds is 8. The highest BCUT2D eigenvalue weighted by molar-refractivity contribution is 7.92. The lowest BCUT2D eigenvalue weighted by atomic mass is 10.2. The molecule has 0 fully saturated rings. The van der Waals surface area contributed by atoms with Gasteiger partial charge in [0.05, 0.1) is 30.3 Å². The highest BCUT2D eigenvalue weighted by atomic mass is 32.2. The van der Waals surface area contributed by atoms with Gasteiger partial charge in [-0.3, -0.25) is 9.10 Å². The molecule has 0 radical (unpaired) electrons. The number of methoxy groups -OCH3 is 2. The number of fused-ring (bicyclic) bond motifs is 1. The third-order valence-corrected chi connectivity index (χ3v) is 7.03. The molecule has 0 saturated carbocycles. The number of aromatic nitrogens is 1. The second-order valence-electron chi connectivity index (χ2n) is 7.47. The smallest absolute Gasteiger partial charge is 0.285 e. The number of carbonyl (C=O) groups excluding carboxylic acids is 1. The minimum absolute atomic E-state index is 0.0321. The first-order valence-corrected chi connectivity index (χ1v) is 11.9. The number of halogens is 1. The van der Waals surface area contributed by atoms with E-state index in [1.165, 1.54) is 44.6 Å². The topological polar surface area (TPSA) is 134 Å². The molecule has 0 bridgehead atoms. The molecule has 1 heterocycles. The Balaban J connectivity index is 1.69. The molecule has 4 rings (SSSR count). The number of para-hydroxylation sites is 1. The lowest BCUT2D eigenvalue weighted by molar-refractivity contribution is -0.116. The molecular formula is C24H21FN4O6S. The van der Waals surface area contributed by atoms with Gasteiger partial charge in [0.15, 0.2) is 17.2 Å². The quantitative estimate of drug-likeness (QED) is 0.333. The Labute approximate surface area is 205 Å². The van der Waals surface area contributed by atoms with E-state index in [0.717, 1.165) is 16.4 Å². The van der Waals surface area contributed by atoms with E-state index in [2.05, 4.69) is 15.2 Å². The van der Waals surface area contributed by atoms with Gasteiger partial charge in [0.1, 0.15) is 12.4 Å². The monoisotopic (exact) mass is 512 g/mol. The number of hydrogen-bond donors (Lipinski definition) is 2. The van der Waals surface area contributed by atoms with Gasteiger partial charge in [-0.15, -0.1) is 10.2 Å². The number of aromatic hydroxyl groups is 1. The number of nitrogens with one attached hydrogen (secondary N) is 1. The average Bonchev–Trinajstić information content (AvgIpc) is 3.20. The Morgan fingerprint density at radius 1 is 1.03 bits per heavy atom. The first-order chi connectivity index (χ1) is 17.2. The molecular weight excluding hydrogens is 491 g/mol. The summed E-state index contributed by atoms with van der Waals surface area (Å²) in [5.74, 6) is -1.32. The first-order valence-electron chi connectivity index (χ1n) is 10.5. The van der Waals surface area contributed by atoms with Crippen molar-refractivity contribution in [1.82, 2.24) is 4.98 Å². The molecule has 0 aliphatic heterocycles. The zero-order chi connectivity index (χ0) is 25.9. The van der Waals surface area contributed by atoms with E-state index >= 15 is 0 Å². The van der Waals surface area contributed by atoms with Crippen LogP contribution in [0.1, 0.15) is 0 Å². The third-order valence-electron chi connectivity index (χ3n) is 5.26. The normalized spacial score (nSPS) is 11.6. The van der Waals surface area contributed by atoms with Crippen molar-refractivity contribution in [1.29, 1.82) is 0 Å². The fourth-order valence-corrected chi connectivity index (χ4v) is 4.93. The van der Waals surface area contributed by atoms with Crippen LogP contribution in [-0.4, -0.2) is 45.2 Å². The summed E-state index contributed by atoms with van der Waals surface area (Å²) >= 11 is 0. The molecule has 10 nitrogen and oxygen atoms in total. The van der Waals surface area contributed by atoms with Crippen molar-refractivity contribution in [3.8, 4) is 17.4 Å². The van der Waals surface area contributed by atoms with Crippen molar-refractivity contribution >= 4 is 38.2 Å². The summed E-state index contributed by atoms with van der Waals surface area (Å²) in [4.78, 5) is 15.3. The molecule has 0 saturated heterocycles. The minimum atomic E-state index is -4.34. The number of hydrogen-bond acceptors (Lipinski definition) is 7. The van der Waals surface area contributed by atoms with Crippen molar-refractivity contribution in [2.24, 2.45) is 10.2 Å². The molecule has 0 aliphatic rings. The zero-order valence-electron chi connectivity index (χ0n) is 19.2. The molecule has 4 aromatic rings. The van der Waals surface area contributed by atoms with Crippen LogP contribution in [0.2, 0.25) is 0 Å². The van der Waals surface area contributed by atoms with Gasteiger partial charge < -0.3 is 19.6 Å². The summed E-state index contributed by atoms with van der Waals surface area (Å²) in [6.07, 6.45) is 0. The Morgan fingerprint density at radius 3 is 2.42 bits per heavy atom. The van der Waals surface area contributed by atoms with E-state index in [-0.39, 0.29) is 27.9 Å². The summed E-state index contributed by atoms with van der Waals surface area (Å²) < 4.78 is 51.8. The van der Waals surface area contributed by atoms with Crippen LogP contribution in [0.3, 0.4) is 0 Å². The van der Waals surface area contributed by atoms with Crippen LogP contribution in [-0.2, 0) is 14.8 Å². The van der Waals surface area contributed by atoms with Crippen LogP contribution in [0.4, 0.5) is 15.8 Å². The van der Waals surface area contributed by atoms with Crippen LogP contribution in [0.15, 0.2) is 81.9 Å². The van der Waals surface area contributed by atoms with Gasteiger partial charge in [-0.25, -0.2) is 12.8 Å². The maximum Gasteiger partial charge on any atom is 0.285 e. The van der Waals surface area contributed by atoms with Crippen molar-refractivity contribution in [2.75, 3.05) is 25.1 Å². The molecule has 0 unspecified atom stereocenters. The van der Waals surface area contributed by atoms with Gasteiger partial charge in [0, 0.05) is 11.5 Å². The summed E-state index contributed by atoms with van der Waals surface area (Å²) in [5.41, 5.74) is 0.653. The maximum atomic E-state index is 13.5. The van der Waals surface area contributed by atoms with Crippen molar-refractivity contribution in [2.45, 2.75) is 4.90 Å². The molecule has 0 spiro atoms. The van der Waals surface area contributed by atoms with Gasteiger partial charge in [-0.2, -0.15) is 0 Å². The SMILES string of the molecule is COc1ccc(S(=O)(=O)N(CC(=O)N=Nc2c(O)[nH]c3ccccc23)c2ccc(F)cc2)cc1OC. The molecule has 186 valence electrons. The van der Waals surface area contributed by atoms with Gasteiger partial charge in [0.2, 0.25) is 5.88 Å². The third kappa shape index (κ3) is 4.84. The Hall–Kier alpha value is -4.45. The highest BCUT2D eigenvalue weighted by Gasteiger charge is 2.28. The molecule has 1 aromatic heterocycles. The summed E-state index contributed by atoms with van der Waals surface area (Å²) in [5, 5.41) is 18.1. The molecule has 2 N–H and O–H groups in total. The van der Waals surface area contributed by atoms with Crippen LogP contribution in [0.5, 0.6) is 17.4 Å². The fraction of sp³-hybridized carbons (Fsp3) is 0.125. The van der Waals surface area contributed by atoms with Gasteiger partial charge in [-0.1, -0.05) is 18.2 Å². The summed E-state index contributed by atoms with van der Waals surface area (Å²) in [6.45, 7) is -0.741. The van der Waals surface area contributed by atoms with E-state index in [4.69, 9.17) is 9.47 Å². The number of H-pyrrole nitrogens is 1. The molecule has 0 aliphatic carbocycles. The molecule has 1 amide bonds. The highest BCUT2D eigenvalue weighted by Crippen LogP contribution is 2.35. The zero-order valence-corrected chi connectivity index (χ0v) is 20.0. The van der Waals surface area contributed by atoms with Crippen LogP contribution >= 0.6 is 0 Å². The number of nitrogens with zero attached hydrogens (tertiary/aromatic N) is 3. The molecule has 12 heteroatoms. The lowest BCUT2D eigenvalue weighted by Crippen LogP contribution is -2.35. The number of sulfonamides is 1. The van der Waals surface area contributed by atoms with Gasteiger partial charge >= 0.3 is 0 Å². The van der Waals surface area contributed by atoms with Crippen molar-refractivity contribution in [3.05, 3.63) is 72.5 Å². The second kappa shape index (κ2) is 10.0. The Kier molecular flexibility index (Phi) is 6.88. The second-order valence-corrected chi connectivity index (χ2v) is 9.33. The van der Waals surface area contributed by atoms with E-state index in [1.807, 2.05) is 0 Å². The summed E-state index contributed by atoms with van der Waals surface area (Å²) in [7, 11) is -1.57. The largest absolute Gasteiger partial charge is 0.493 e. The number of ether oxygens (including phenoxy) is 2. The van der Waals surface area contributed by atoms with Crippen LogP contribution in [0, 0.1) is 5.82 Å². The van der Waals surface area contributed by atoms with Crippen molar-refractivity contribution in [3.63, 3.8) is 0 Å². The standard InChI is InChI=1S/C24H21FN4O6S/c1-34-20-12-11-17(13-21(20)35-2)36(32,33)29(16-9-7-15(25)8-10-16)14-22(30)27-28-23-18-5-3-4-6-19(18)26-24(23)31/h3-13,26,31H,14H2,1-2H3. The Morgan fingerprint density at radius 2 is 1.72 bits per heavy atom. The number of anilines is 1. The lowest BCUT2D eigenvalue weighted by Gasteiger charge is -2.23. The van der Waals surface area contributed by atoms with E-state index < -0.39 is 28.3 Å². The maximum absolute atomic E-state index is 13.5. The number of aromatic amines is 1. The van der Waals surface area contributed by atoms with E-state index in [9.17, 15) is 22.7 Å². The average molecular weight is 513 g/mol. The molecule has 3 aromatic carbocycles. The number of azo groups is 1. The first kappa shape index (κ1) is 24.7. The molecule has 0 atom stereocenters. The van der Waals surface area contributed by atoms with Crippen molar-refractivity contribution < 1.29 is 32.2 Å². The number of carbonyl (C=O) groups is 1. The summed E-state index contributed by atoms with van der Waals surface area (Å²) in [6, 6.07) is 15.4.